The third-order valence-corrected chi connectivity index (χ3v) is 11.1. The number of morpholine rings is 1. The fraction of sp³-hybridized carbons (Fsp3) is 0.596. The number of epoxide rings is 1. The highest BCUT2D eigenvalue weighted by atomic mass is 16.6. The Kier molecular flexibility index (Phi) is 20.2. The summed E-state index contributed by atoms with van der Waals surface area (Å²) in [6.07, 6.45) is 1.48. The number of carboxylic acid groups (broad SMARTS) is 1. The Morgan fingerprint density at radius 1 is 0.762 bits per heavy atom. The number of amides is 4. The Bertz CT molecular complexity index is 1820. The fourth-order valence-corrected chi connectivity index (χ4v) is 7.41. The number of carbonyl (C=O) groups is 7. The van der Waals surface area contributed by atoms with E-state index in [9.17, 15) is 33.6 Å². The molecule has 2 aliphatic rings. The van der Waals surface area contributed by atoms with E-state index in [0.29, 0.717) is 39.1 Å². The minimum Gasteiger partial charge on any atom is -0.481 e. The highest BCUT2D eigenvalue weighted by molar-refractivity contribution is 5.99. The number of Topliss-reactive ketones (excluding diaryl/α,β-unsaturated/α-hetero) is 1. The van der Waals surface area contributed by atoms with E-state index in [2.05, 4.69) is 16.0 Å². The summed E-state index contributed by atoms with van der Waals surface area (Å²) in [4.78, 5) is 98.0. The van der Waals surface area contributed by atoms with Crippen LogP contribution < -0.4 is 16.0 Å². The molecule has 2 fully saturated rings. The van der Waals surface area contributed by atoms with E-state index in [0.717, 1.165) is 11.1 Å². The lowest BCUT2D eigenvalue weighted by molar-refractivity contribution is -0.159. The molecule has 0 saturated carbocycles. The first-order valence-electron chi connectivity index (χ1n) is 22.2. The van der Waals surface area contributed by atoms with Crippen LogP contribution in [0.1, 0.15) is 90.7 Å². The Morgan fingerprint density at radius 3 is 1.89 bits per heavy atom. The van der Waals surface area contributed by atoms with Crippen LogP contribution in [-0.2, 0) is 60.6 Å². The van der Waals surface area contributed by atoms with Crippen molar-refractivity contribution < 1.29 is 52.9 Å². The molecule has 0 spiro atoms. The summed E-state index contributed by atoms with van der Waals surface area (Å²) in [6.45, 7) is 10.8. The van der Waals surface area contributed by atoms with Crippen LogP contribution in [0, 0.1) is 11.8 Å². The van der Waals surface area contributed by atoms with E-state index in [-0.39, 0.29) is 75.7 Å². The zero-order valence-electron chi connectivity index (χ0n) is 37.5. The number of carbonyl (C=O) groups excluding carboxylic acids is 6. The summed E-state index contributed by atoms with van der Waals surface area (Å²) in [5.41, 5.74) is 0.680. The number of ketones is 1. The van der Waals surface area contributed by atoms with Gasteiger partial charge in [-0.05, 0) is 68.4 Å². The minimum absolute atomic E-state index is 0.0666. The van der Waals surface area contributed by atoms with Crippen LogP contribution in [0.4, 0.5) is 0 Å². The van der Waals surface area contributed by atoms with Gasteiger partial charge >= 0.3 is 11.9 Å². The third kappa shape index (κ3) is 17.5. The molecule has 63 heavy (non-hydrogen) atoms. The number of aliphatic carboxylic acids is 1. The van der Waals surface area contributed by atoms with Crippen molar-refractivity contribution in [1.82, 2.24) is 25.8 Å². The summed E-state index contributed by atoms with van der Waals surface area (Å²) >= 11 is 0. The zero-order valence-corrected chi connectivity index (χ0v) is 37.5. The van der Waals surface area contributed by atoms with Crippen molar-refractivity contribution in [3.63, 3.8) is 0 Å². The second kappa shape index (κ2) is 25.2. The maximum Gasteiger partial charge on any atom is 0.307 e. The summed E-state index contributed by atoms with van der Waals surface area (Å²) in [5, 5.41) is 17.7. The minimum atomic E-state index is -1.20. The number of esters is 1. The number of carboxylic acids is 1. The van der Waals surface area contributed by atoms with Gasteiger partial charge in [-0.1, -0.05) is 88.4 Å². The van der Waals surface area contributed by atoms with Crippen molar-refractivity contribution in [2.75, 3.05) is 46.2 Å². The van der Waals surface area contributed by atoms with Crippen molar-refractivity contribution in [2.24, 2.45) is 11.8 Å². The lowest BCUT2D eigenvalue weighted by atomic mass is 9.93. The SMILES string of the molecule is CC(C)C[C@H](NC(=O)[C@H](CCc1ccccc1)N(COC(=O)CCCCC(=O)O)C(=O)CN1CCOCC1)C(=O)N[C@@H](Cc1ccccc1)C(=O)N[C@@H](CC(C)C)C(=O)[C@]1(C)CO1. The maximum absolute atomic E-state index is 14.7. The average Bonchev–Trinajstić information content (AvgIpc) is 4.01. The van der Waals surface area contributed by atoms with Crippen LogP contribution in [0.15, 0.2) is 60.7 Å². The molecule has 16 nitrogen and oxygen atoms in total. The number of benzene rings is 2. The molecule has 0 aromatic heterocycles. The molecule has 4 amide bonds. The number of nitrogens with zero attached hydrogens (tertiary/aromatic N) is 2. The normalized spacial score (nSPS) is 18.1. The van der Waals surface area contributed by atoms with Gasteiger partial charge in [0.15, 0.2) is 12.5 Å². The highest BCUT2D eigenvalue weighted by Gasteiger charge is 2.50. The molecule has 0 aliphatic carbocycles. The summed E-state index contributed by atoms with van der Waals surface area (Å²) in [6, 6.07) is 14.2. The quantitative estimate of drug-likeness (QED) is 0.0440. The Labute approximate surface area is 371 Å². The van der Waals surface area contributed by atoms with Crippen molar-refractivity contribution >= 4 is 41.4 Å². The van der Waals surface area contributed by atoms with E-state index in [4.69, 9.17) is 19.3 Å². The number of rotatable bonds is 27. The van der Waals surface area contributed by atoms with Crippen LogP contribution in [0.2, 0.25) is 0 Å². The predicted octanol–water partition coefficient (Wildman–Crippen LogP) is 3.44. The number of hydrogen-bond acceptors (Lipinski definition) is 11. The monoisotopic (exact) mass is 877 g/mol. The topological polar surface area (TPSA) is 213 Å². The molecule has 0 radical (unpaired) electrons. The molecule has 0 unspecified atom stereocenters. The largest absolute Gasteiger partial charge is 0.481 e. The van der Waals surface area contributed by atoms with Crippen molar-refractivity contribution in [3.05, 3.63) is 71.8 Å². The number of ether oxygens (including phenoxy) is 3. The first-order valence-corrected chi connectivity index (χ1v) is 22.2. The van der Waals surface area contributed by atoms with Gasteiger partial charge in [0.1, 0.15) is 23.7 Å². The summed E-state index contributed by atoms with van der Waals surface area (Å²) in [7, 11) is 0. The van der Waals surface area contributed by atoms with Crippen LogP contribution in [-0.4, -0.2) is 132 Å². The Hall–Kier alpha value is -5.19. The van der Waals surface area contributed by atoms with Gasteiger partial charge in [-0.2, -0.15) is 0 Å². The lowest BCUT2D eigenvalue weighted by Crippen LogP contribution is -2.60. The molecular weight excluding hydrogens is 811 g/mol. The van der Waals surface area contributed by atoms with Crippen LogP contribution in [0.25, 0.3) is 0 Å². The van der Waals surface area contributed by atoms with E-state index in [1.54, 1.807) is 6.92 Å². The third-order valence-electron chi connectivity index (χ3n) is 11.1. The molecule has 0 bridgehead atoms. The molecule has 2 heterocycles. The van der Waals surface area contributed by atoms with Gasteiger partial charge in [0, 0.05) is 32.4 Å². The first-order chi connectivity index (χ1) is 30.0. The van der Waals surface area contributed by atoms with Gasteiger partial charge < -0.3 is 35.3 Å². The van der Waals surface area contributed by atoms with Crippen LogP contribution in [0.3, 0.4) is 0 Å². The number of aryl methyl sites for hydroxylation is 1. The van der Waals surface area contributed by atoms with Gasteiger partial charge in [0.25, 0.3) is 0 Å². The van der Waals surface area contributed by atoms with Crippen molar-refractivity contribution in [1.29, 1.82) is 0 Å². The molecular formula is C47H67N5O11. The molecule has 5 atom stereocenters. The Morgan fingerprint density at radius 2 is 1.30 bits per heavy atom. The van der Waals surface area contributed by atoms with Gasteiger partial charge in [-0.15, -0.1) is 0 Å². The average molecular weight is 878 g/mol. The molecule has 2 aromatic carbocycles. The predicted molar refractivity (Wildman–Crippen MR) is 234 cm³/mol. The van der Waals surface area contributed by atoms with Crippen LogP contribution in [0.5, 0.6) is 0 Å². The summed E-state index contributed by atoms with van der Waals surface area (Å²) in [5.74, 6) is -4.20. The number of hydrogen-bond donors (Lipinski definition) is 4. The standard InChI is InChI=1S/C47H67N5O11/c1-32(2)26-36(43(57)47(5)30-63-47)48-45(59)38(28-35-16-10-7-11-17-35)49-44(58)37(27-33(3)4)50-46(60)39(21-20-34-14-8-6-9-15-34)52(40(53)29-51-22-24-61-25-23-51)31-62-42(56)19-13-12-18-41(54)55/h6-11,14-17,32-33,36-39H,12-13,18-31H2,1-5H3,(H,48,59)(H,49,58)(H,50,60)(H,54,55)/t36-,37-,38-,39-,47-/m0/s1. The van der Waals surface area contributed by atoms with Gasteiger partial charge in [0.2, 0.25) is 23.6 Å². The van der Waals surface area contributed by atoms with Crippen molar-refractivity contribution in [3.8, 4) is 0 Å². The maximum atomic E-state index is 14.7. The Balaban J connectivity index is 1.62. The molecule has 2 saturated heterocycles. The molecule has 4 N–H and O–H groups in total. The second-order valence-corrected chi connectivity index (χ2v) is 17.6. The van der Waals surface area contributed by atoms with E-state index >= 15 is 0 Å². The van der Waals surface area contributed by atoms with Crippen LogP contribution >= 0.6 is 0 Å². The second-order valence-electron chi connectivity index (χ2n) is 17.6. The molecule has 346 valence electrons. The van der Waals surface area contributed by atoms with Crippen molar-refractivity contribution in [2.45, 2.75) is 122 Å². The smallest absolute Gasteiger partial charge is 0.307 e. The molecule has 4 rings (SSSR count). The van der Waals surface area contributed by atoms with Gasteiger partial charge in [-0.25, -0.2) is 0 Å². The summed E-state index contributed by atoms with van der Waals surface area (Å²) < 4.78 is 16.5. The van der Waals surface area contributed by atoms with E-state index in [1.165, 1.54) is 4.90 Å². The lowest BCUT2D eigenvalue weighted by Gasteiger charge is -2.34. The molecule has 2 aromatic rings. The molecule has 16 heteroatoms. The number of unbranched alkanes of at least 4 members (excludes halogenated alkanes) is 1. The fourth-order valence-electron chi connectivity index (χ4n) is 7.41. The zero-order chi connectivity index (χ0) is 45.9. The molecule has 2 aliphatic heterocycles. The van der Waals surface area contributed by atoms with Gasteiger partial charge in [-0.3, -0.25) is 43.4 Å². The van der Waals surface area contributed by atoms with E-state index in [1.807, 2.05) is 93.3 Å². The number of nitrogens with one attached hydrogen (secondary N) is 3. The van der Waals surface area contributed by atoms with E-state index < -0.39 is 72.1 Å². The highest BCUT2D eigenvalue weighted by Crippen LogP contribution is 2.30. The van der Waals surface area contributed by atoms with Gasteiger partial charge in [0.05, 0.1) is 32.4 Å². The first kappa shape index (κ1) is 50.5.